The average Bonchev–Trinajstić information content (AvgIpc) is 2.68. The van der Waals surface area contributed by atoms with Crippen molar-refractivity contribution < 1.29 is 33.6 Å². The zero-order valence-corrected chi connectivity index (χ0v) is 12.8. The number of nitro groups is 1. The molecule has 0 radical (unpaired) electrons. The van der Waals surface area contributed by atoms with E-state index in [-0.39, 0.29) is 29.7 Å². The van der Waals surface area contributed by atoms with Gasteiger partial charge >= 0.3 is 0 Å². The molecule has 5 nitrogen and oxygen atoms in total. The molecule has 0 atom stereocenters. The van der Waals surface area contributed by atoms with Gasteiger partial charge in [0.05, 0.1) is 12.0 Å². The summed E-state index contributed by atoms with van der Waals surface area (Å²) in [4.78, 5) is 10.1. The molecule has 0 amide bonds. The first-order chi connectivity index (χ1) is 8.58. The first-order valence-corrected chi connectivity index (χ1v) is 5.52. The van der Waals surface area contributed by atoms with Crippen LogP contribution >= 0.6 is 0 Å². The topological polar surface area (TPSA) is 51.9 Å². The van der Waals surface area contributed by atoms with Gasteiger partial charge in [-0.2, -0.15) is 4.68 Å². The fourth-order valence-electron chi connectivity index (χ4n) is 1.63. The third-order valence-corrected chi connectivity index (χ3v) is 2.86. The number of benzene rings is 1. The summed E-state index contributed by atoms with van der Waals surface area (Å²) < 4.78 is 3.97. The molecular weight excluding hydrogens is 357 g/mol. The molecule has 2 aromatic rings. The van der Waals surface area contributed by atoms with Gasteiger partial charge in [0.1, 0.15) is 5.69 Å². The average molecular weight is 371 g/mol. The van der Waals surface area contributed by atoms with Gasteiger partial charge in [-0.3, -0.25) is 10.1 Å². The highest BCUT2D eigenvalue weighted by Gasteiger charge is 2.04. The molecule has 100 valence electrons. The van der Waals surface area contributed by atoms with E-state index in [0.717, 1.165) is 11.3 Å². The highest BCUT2D eigenvalue weighted by Crippen LogP contribution is 2.13. The first-order valence-electron chi connectivity index (χ1n) is 5.52. The van der Waals surface area contributed by atoms with Crippen LogP contribution in [0.25, 0.3) is 12.2 Å². The fraction of sp³-hybridized carbons (Fsp3) is 0.154. The van der Waals surface area contributed by atoms with E-state index in [9.17, 15) is 10.1 Å². The number of aromatic nitrogens is 2. The van der Waals surface area contributed by atoms with Crippen molar-refractivity contribution in [1.29, 1.82) is 0 Å². The van der Waals surface area contributed by atoms with Gasteiger partial charge in [-0.05, 0) is 23.8 Å². The Balaban J connectivity index is 0.00000180. The van der Waals surface area contributed by atoms with E-state index in [0.29, 0.717) is 0 Å². The van der Waals surface area contributed by atoms with E-state index in [4.69, 9.17) is 0 Å². The van der Waals surface area contributed by atoms with Crippen LogP contribution < -0.4 is 28.7 Å². The van der Waals surface area contributed by atoms with Crippen LogP contribution in [0.4, 0.5) is 5.69 Å². The normalized spacial score (nSPS) is 10.4. The van der Waals surface area contributed by atoms with Gasteiger partial charge < -0.3 is 24.0 Å². The predicted octanol–water partition coefficient (Wildman–Crippen LogP) is -1.07. The van der Waals surface area contributed by atoms with E-state index in [1.165, 1.54) is 12.1 Å². The number of non-ortho nitro benzene ring substituents is 1. The Bertz CT molecular complexity index is 603. The van der Waals surface area contributed by atoms with Crippen molar-refractivity contribution in [3.63, 3.8) is 0 Å². The Morgan fingerprint density at radius 2 is 1.84 bits per heavy atom. The van der Waals surface area contributed by atoms with Crippen LogP contribution in [0, 0.1) is 10.1 Å². The van der Waals surface area contributed by atoms with Gasteiger partial charge in [0.25, 0.3) is 5.69 Å². The second-order valence-corrected chi connectivity index (χ2v) is 4.02. The SMILES string of the molecule is Cn1c(/C=C/c2ccc([N+](=O)[O-])cc2)cc[n+]1C.[I-]. The fourth-order valence-corrected chi connectivity index (χ4v) is 1.63. The van der Waals surface area contributed by atoms with E-state index >= 15 is 0 Å². The lowest BCUT2D eigenvalue weighted by molar-refractivity contribution is -0.751. The lowest BCUT2D eigenvalue weighted by atomic mass is 10.2. The third kappa shape index (κ3) is 3.63. The smallest absolute Gasteiger partial charge is 0.269 e. The van der Waals surface area contributed by atoms with Crippen LogP contribution in [0.15, 0.2) is 36.5 Å². The van der Waals surface area contributed by atoms with Gasteiger partial charge in [-0.15, -0.1) is 4.68 Å². The standard InChI is InChI=1S/C13H14N3O2.HI/c1-14-10-9-12(15(14)2)6-3-11-4-7-13(8-5-11)16(17)18;/h3-10H,1-2H3;1H/q+1;/p-1/b6-3+;. The van der Waals surface area contributed by atoms with E-state index in [2.05, 4.69) is 0 Å². The maximum absolute atomic E-state index is 10.5. The van der Waals surface area contributed by atoms with Crippen LogP contribution in [-0.4, -0.2) is 9.61 Å². The molecule has 0 aliphatic rings. The van der Waals surface area contributed by atoms with Crippen molar-refractivity contribution in [3.05, 3.63) is 57.9 Å². The summed E-state index contributed by atoms with van der Waals surface area (Å²) in [6.07, 6.45) is 5.87. The quantitative estimate of drug-likeness (QED) is 0.299. The van der Waals surface area contributed by atoms with Gasteiger partial charge in [0, 0.05) is 18.2 Å². The molecule has 0 fully saturated rings. The number of halogens is 1. The summed E-state index contributed by atoms with van der Waals surface area (Å²) in [5.74, 6) is 0. The van der Waals surface area contributed by atoms with E-state index in [1.807, 2.05) is 47.9 Å². The molecule has 0 aliphatic carbocycles. The number of aryl methyl sites for hydroxylation is 1. The van der Waals surface area contributed by atoms with Crippen molar-refractivity contribution in [3.8, 4) is 0 Å². The lowest BCUT2D eigenvalue weighted by Crippen LogP contribution is -3.00. The Labute approximate surface area is 128 Å². The van der Waals surface area contributed by atoms with Gasteiger partial charge in [-0.1, -0.05) is 6.08 Å². The minimum absolute atomic E-state index is 0. The zero-order chi connectivity index (χ0) is 13.1. The molecule has 6 heteroatoms. The van der Waals surface area contributed by atoms with Crippen LogP contribution in [0.3, 0.4) is 0 Å². The largest absolute Gasteiger partial charge is 1.00 e. The highest BCUT2D eigenvalue weighted by molar-refractivity contribution is 5.68. The molecule has 19 heavy (non-hydrogen) atoms. The zero-order valence-electron chi connectivity index (χ0n) is 10.7. The van der Waals surface area contributed by atoms with Gasteiger partial charge in [0.2, 0.25) is 0 Å². The van der Waals surface area contributed by atoms with E-state index in [1.54, 1.807) is 12.1 Å². The summed E-state index contributed by atoms with van der Waals surface area (Å²) >= 11 is 0. The Morgan fingerprint density at radius 3 is 2.32 bits per heavy atom. The number of hydrogen-bond acceptors (Lipinski definition) is 2. The van der Waals surface area contributed by atoms with Crippen LogP contribution in [0.5, 0.6) is 0 Å². The third-order valence-electron chi connectivity index (χ3n) is 2.86. The maximum atomic E-state index is 10.5. The molecule has 0 N–H and O–H groups in total. The molecule has 0 unspecified atom stereocenters. The number of nitrogens with zero attached hydrogens (tertiary/aromatic N) is 3. The summed E-state index contributed by atoms with van der Waals surface area (Å²) in [7, 11) is 3.93. The van der Waals surface area contributed by atoms with Crippen molar-refractivity contribution in [2.24, 2.45) is 14.1 Å². The highest BCUT2D eigenvalue weighted by atomic mass is 127. The minimum atomic E-state index is -0.398. The minimum Gasteiger partial charge on any atom is -1.00 e. The summed E-state index contributed by atoms with van der Waals surface area (Å²) in [6, 6.07) is 8.48. The van der Waals surface area contributed by atoms with Crippen LogP contribution in [0.1, 0.15) is 11.3 Å². The number of nitro benzene ring substituents is 1. The maximum Gasteiger partial charge on any atom is 0.269 e. The van der Waals surface area contributed by atoms with E-state index < -0.39 is 4.92 Å². The summed E-state index contributed by atoms with van der Waals surface area (Å²) in [5.41, 5.74) is 2.11. The van der Waals surface area contributed by atoms with Gasteiger partial charge in [0.15, 0.2) is 13.2 Å². The molecule has 0 bridgehead atoms. The summed E-state index contributed by atoms with van der Waals surface area (Å²) in [5, 5.41) is 10.5. The summed E-state index contributed by atoms with van der Waals surface area (Å²) in [6.45, 7) is 0. The molecule has 0 saturated carbocycles. The Hall–Kier alpha value is -1.70. The number of hydrogen-bond donors (Lipinski definition) is 0. The molecule has 0 aliphatic heterocycles. The molecule has 1 aromatic heterocycles. The van der Waals surface area contributed by atoms with Crippen LogP contribution in [0.2, 0.25) is 0 Å². The second-order valence-electron chi connectivity index (χ2n) is 4.02. The number of rotatable bonds is 3. The Kier molecular flexibility index (Phi) is 5.22. The van der Waals surface area contributed by atoms with Crippen molar-refractivity contribution >= 4 is 17.8 Å². The molecular formula is C13H14IN3O2. The van der Waals surface area contributed by atoms with Gasteiger partial charge in [-0.25, -0.2) is 0 Å². The first kappa shape index (κ1) is 15.4. The van der Waals surface area contributed by atoms with Crippen molar-refractivity contribution in [1.82, 2.24) is 4.68 Å². The molecule has 0 spiro atoms. The molecule has 1 heterocycles. The second kappa shape index (κ2) is 6.46. The van der Waals surface area contributed by atoms with Crippen LogP contribution in [-0.2, 0) is 14.1 Å². The molecule has 2 rings (SSSR count). The molecule has 0 saturated heterocycles. The predicted molar refractivity (Wildman–Crippen MR) is 68.6 cm³/mol. The lowest BCUT2D eigenvalue weighted by Gasteiger charge is -1.95. The Morgan fingerprint density at radius 1 is 1.21 bits per heavy atom. The monoisotopic (exact) mass is 371 g/mol. The van der Waals surface area contributed by atoms with Crippen molar-refractivity contribution in [2.75, 3.05) is 0 Å². The van der Waals surface area contributed by atoms with Crippen molar-refractivity contribution in [2.45, 2.75) is 0 Å². The molecule has 1 aromatic carbocycles.